The summed E-state index contributed by atoms with van der Waals surface area (Å²) < 4.78 is 0. The van der Waals surface area contributed by atoms with Gasteiger partial charge in [-0.2, -0.15) is 0 Å². The zero-order valence-corrected chi connectivity index (χ0v) is 18.2. The van der Waals surface area contributed by atoms with Gasteiger partial charge in [-0.1, -0.05) is 30.3 Å². The Morgan fingerprint density at radius 2 is 1.71 bits per heavy atom. The summed E-state index contributed by atoms with van der Waals surface area (Å²) in [5, 5.41) is 15.5. The van der Waals surface area contributed by atoms with Crippen molar-refractivity contribution >= 4 is 22.4 Å². The quantitative estimate of drug-likeness (QED) is 0.408. The average Bonchev–Trinajstić information content (AvgIpc) is 2.80. The second-order valence-electron chi connectivity index (χ2n) is 7.64. The van der Waals surface area contributed by atoms with Crippen molar-refractivity contribution in [1.29, 1.82) is 0 Å². The number of phenols is 1. The lowest BCUT2D eigenvalue weighted by Crippen LogP contribution is -2.21. The zero-order valence-electron chi connectivity index (χ0n) is 18.2. The molecule has 0 radical (unpaired) electrons. The van der Waals surface area contributed by atoms with E-state index < -0.39 is 0 Å². The number of hydrogen-bond acceptors (Lipinski definition) is 5. The van der Waals surface area contributed by atoms with Crippen molar-refractivity contribution in [1.82, 2.24) is 9.97 Å². The van der Waals surface area contributed by atoms with E-state index in [2.05, 4.69) is 58.3 Å². The van der Waals surface area contributed by atoms with Gasteiger partial charge in [-0.25, -0.2) is 4.98 Å². The molecular formula is C26H28N4O. The van der Waals surface area contributed by atoms with Crippen molar-refractivity contribution in [2.24, 2.45) is 0 Å². The predicted molar refractivity (Wildman–Crippen MR) is 128 cm³/mol. The van der Waals surface area contributed by atoms with Crippen LogP contribution in [0.3, 0.4) is 0 Å². The molecule has 0 saturated heterocycles. The van der Waals surface area contributed by atoms with Gasteiger partial charge in [-0.05, 0) is 62.2 Å². The van der Waals surface area contributed by atoms with Gasteiger partial charge in [0, 0.05) is 42.1 Å². The third-order valence-electron chi connectivity index (χ3n) is 5.65. The number of aromatic nitrogens is 2. The molecule has 4 rings (SSSR count). The lowest BCUT2D eigenvalue weighted by Gasteiger charge is -2.24. The molecule has 2 aromatic heterocycles. The van der Waals surface area contributed by atoms with E-state index in [1.54, 1.807) is 12.4 Å². The summed E-state index contributed by atoms with van der Waals surface area (Å²) in [6, 6.07) is 20.0. The van der Waals surface area contributed by atoms with Crippen molar-refractivity contribution in [2.75, 3.05) is 23.3 Å². The molecule has 1 atom stereocenters. The van der Waals surface area contributed by atoms with Crippen molar-refractivity contribution in [3.05, 3.63) is 89.7 Å². The van der Waals surface area contributed by atoms with Crippen molar-refractivity contribution in [3.8, 4) is 5.75 Å². The fourth-order valence-electron chi connectivity index (χ4n) is 3.95. The topological polar surface area (TPSA) is 61.3 Å². The third-order valence-corrected chi connectivity index (χ3v) is 5.65. The van der Waals surface area contributed by atoms with E-state index in [0.29, 0.717) is 5.52 Å². The van der Waals surface area contributed by atoms with Crippen LogP contribution < -0.4 is 10.2 Å². The van der Waals surface area contributed by atoms with E-state index in [1.165, 1.54) is 5.69 Å². The Labute approximate surface area is 183 Å². The van der Waals surface area contributed by atoms with Crippen LogP contribution in [0.25, 0.3) is 10.9 Å². The number of rotatable bonds is 7. The first-order valence-electron chi connectivity index (χ1n) is 10.7. The molecule has 0 saturated carbocycles. The normalized spacial score (nSPS) is 12.0. The highest BCUT2D eigenvalue weighted by Crippen LogP contribution is 2.36. The molecule has 2 heterocycles. The number of anilines is 2. The fraction of sp³-hybridized carbons (Fsp3) is 0.231. The van der Waals surface area contributed by atoms with E-state index >= 15 is 0 Å². The number of nitrogens with one attached hydrogen (secondary N) is 1. The number of pyridine rings is 2. The minimum atomic E-state index is -0.272. The molecule has 0 bridgehead atoms. The number of fused-ring (bicyclic) bond motifs is 1. The Kier molecular flexibility index (Phi) is 6.03. The number of aromatic hydroxyl groups is 1. The highest BCUT2D eigenvalue weighted by Gasteiger charge is 2.21. The average molecular weight is 413 g/mol. The molecule has 0 amide bonds. The first-order chi connectivity index (χ1) is 15.1. The molecule has 0 aliphatic carbocycles. The molecule has 0 unspecified atom stereocenters. The minimum absolute atomic E-state index is 0.191. The number of aryl methyl sites for hydroxylation is 1. The molecule has 5 heteroatoms. The summed E-state index contributed by atoms with van der Waals surface area (Å²) in [6.07, 6.45) is 3.50. The van der Waals surface area contributed by atoms with Crippen LogP contribution in [0.4, 0.5) is 11.5 Å². The lowest BCUT2D eigenvalue weighted by atomic mass is 9.96. The van der Waals surface area contributed by atoms with Crippen LogP contribution in [0, 0.1) is 6.92 Å². The van der Waals surface area contributed by atoms with E-state index in [-0.39, 0.29) is 11.8 Å². The minimum Gasteiger partial charge on any atom is -0.505 e. The zero-order chi connectivity index (χ0) is 21.8. The Morgan fingerprint density at radius 1 is 0.935 bits per heavy atom. The predicted octanol–water partition coefficient (Wildman–Crippen LogP) is 5.69. The summed E-state index contributed by atoms with van der Waals surface area (Å²) >= 11 is 0. The number of nitrogens with zero attached hydrogens (tertiary/aromatic N) is 3. The van der Waals surface area contributed by atoms with Crippen LogP contribution in [-0.4, -0.2) is 28.2 Å². The Balaban J connectivity index is 1.79. The number of hydrogen-bond donors (Lipinski definition) is 2. The van der Waals surface area contributed by atoms with Crippen LogP contribution >= 0.6 is 0 Å². The van der Waals surface area contributed by atoms with Crippen molar-refractivity contribution in [2.45, 2.75) is 26.8 Å². The van der Waals surface area contributed by atoms with Crippen LogP contribution in [0.15, 0.2) is 73.1 Å². The van der Waals surface area contributed by atoms with Gasteiger partial charge in [0.25, 0.3) is 0 Å². The molecule has 2 N–H and O–H groups in total. The van der Waals surface area contributed by atoms with Crippen molar-refractivity contribution < 1.29 is 5.11 Å². The maximum Gasteiger partial charge on any atom is 0.147 e. The van der Waals surface area contributed by atoms with Crippen LogP contribution in [0.2, 0.25) is 0 Å². The SMILES string of the molecule is CCN(CC)c1ccc([C@@H](Nc2cc(C)ccn2)c2ccc3cccnc3c2O)cc1. The second kappa shape index (κ2) is 9.04. The van der Waals surface area contributed by atoms with Gasteiger partial charge in [0.1, 0.15) is 17.1 Å². The molecule has 31 heavy (non-hydrogen) atoms. The summed E-state index contributed by atoms with van der Waals surface area (Å²) in [5.74, 6) is 0.953. The maximum atomic E-state index is 11.1. The molecule has 2 aromatic carbocycles. The summed E-state index contributed by atoms with van der Waals surface area (Å²) in [5.41, 5.74) is 4.72. The largest absolute Gasteiger partial charge is 0.505 e. The highest BCUT2D eigenvalue weighted by molar-refractivity contribution is 5.86. The fourth-order valence-corrected chi connectivity index (χ4v) is 3.95. The van der Waals surface area contributed by atoms with Gasteiger partial charge in [-0.3, -0.25) is 4.98 Å². The maximum absolute atomic E-state index is 11.1. The third kappa shape index (κ3) is 4.31. The van der Waals surface area contributed by atoms with Gasteiger partial charge >= 0.3 is 0 Å². The monoisotopic (exact) mass is 412 g/mol. The van der Waals surface area contributed by atoms with Crippen molar-refractivity contribution in [3.63, 3.8) is 0 Å². The van der Waals surface area contributed by atoms with E-state index in [4.69, 9.17) is 0 Å². The van der Waals surface area contributed by atoms with Gasteiger partial charge in [0.15, 0.2) is 0 Å². The van der Waals surface area contributed by atoms with Crippen LogP contribution in [-0.2, 0) is 0 Å². The molecule has 0 spiro atoms. The summed E-state index contributed by atoms with van der Waals surface area (Å²) in [6.45, 7) is 8.28. The Hall–Kier alpha value is -3.60. The van der Waals surface area contributed by atoms with E-state index in [9.17, 15) is 5.11 Å². The molecule has 4 aromatic rings. The first kappa shape index (κ1) is 20.7. The molecule has 0 aliphatic heterocycles. The second-order valence-corrected chi connectivity index (χ2v) is 7.64. The molecule has 0 aliphatic rings. The Bertz CT molecular complexity index is 1170. The molecule has 5 nitrogen and oxygen atoms in total. The van der Waals surface area contributed by atoms with Crippen LogP contribution in [0.5, 0.6) is 5.75 Å². The summed E-state index contributed by atoms with van der Waals surface area (Å²) in [4.78, 5) is 11.2. The van der Waals surface area contributed by atoms with Gasteiger partial charge in [0.2, 0.25) is 0 Å². The van der Waals surface area contributed by atoms with E-state index in [0.717, 1.165) is 41.0 Å². The summed E-state index contributed by atoms with van der Waals surface area (Å²) in [7, 11) is 0. The van der Waals surface area contributed by atoms with Crippen LogP contribution in [0.1, 0.15) is 36.6 Å². The number of phenolic OH excluding ortho intramolecular Hbond substituents is 1. The van der Waals surface area contributed by atoms with Gasteiger partial charge in [-0.15, -0.1) is 0 Å². The number of benzene rings is 2. The smallest absolute Gasteiger partial charge is 0.147 e. The molecule has 0 fully saturated rings. The van der Waals surface area contributed by atoms with E-state index in [1.807, 2.05) is 43.3 Å². The standard InChI is InChI=1S/C26H28N4O/c1-4-30(5-2)21-11-8-20(9-12-21)24(29-23-17-18(3)14-16-27-23)22-13-10-19-7-6-15-28-25(19)26(22)31/h6-17,24,31H,4-5H2,1-3H3,(H,27,29)/t24-/m1/s1. The first-order valence-corrected chi connectivity index (χ1v) is 10.7. The highest BCUT2D eigenvalue weighted by atomic mass is 16.3. The molecule has 158 valence electrons. The van der Waals surface area contributed by atoms with Gasteiger partial charge < -0.3 is 15.3 Å². The lowest BCUT2D eigenvalue weighted by molar-refractivity contribution is 0.471. The molecular weight excluding hydrogens is 384 g/mol. The Morgan fingerprint density at radius 3 is 2.42 bits per heavy atom. The van der Waals surface area contributed by atoms with Gasteiger partial charge in [0.05, 0.1) is 6.04 Å².